The predicted molar refractivity (Wildman–Crippen MR) is 102 cm³/mol. The molecule has 1 amide bonds. The van der Waals surface area contributed by atoms with Crippen LogP contribution in [0.2, 0.25) is 0 Å². The molecule has 1 N–H and O–H groups in total. The van der Waals surface area contributed by atoms with Crippen molar-refractivity contribution in [1.82, 2.24) is 10.3 Å². The van der Waals surface area contributed by atoms with Crippen LogP contribution >= 0.6 is 27.3 Å². The summed E-state index contributed by atoms with van der Waals surface area (Å²) in [6.45, 7) is 2.59. The Bertz CT molecular complexity index is 828. The molecule has 0 atom stereocenters. The van der Waals surface area contributed by atoms with Gasteiger partial charge >= 0.3 is 0 Å². The van der Waals surface area contributed by atoms with Gasteiger partial charge in [-0.05, 0) is 24.6 Å². The van der Waals surface area contributed by atoms with Crippen molar-refractivity contribution >= 4 is 33.2 Å². The molecule has 3 aromatic rings. The topological polar surface area (TPSA) is 42.0 Å². The number of nitrogens with zero attached hydrogens (tertiary/aromatic N) is 1. The fourth-order valence-corrected chi connectivity index (χ4v) is 3.62. The summed E-state index contributed by atoms with van der Waals surface area (Å²) in [6.07, 6.45) is 0.314. The van der Waals surface area contributed by atoms with Crippen molar-refractivity contribution in [1.29, 1.82) is 0 Å². The van der Waals surface area contributed by atoms with Gasteiger partial charge in [0.05, 0.1) is 12.1 Å². The maximum atomic E-state index is 12.1. The van der Waals surface area contributed by atoms with Gasteiger partial charge in [0.25, 0.3) is 0 Å². The minimum absolute atomic E-state index is 0.00467. The summed E-state index contributed by atoms with van der Waals surface area (Å²) in [6, 6.07) is 18.0. The number of thiazole rings is 1. The van der Waals surface area contributed by atoms with Crippen molar-refractivity contribution in [2.75, 3.05) is 0 Å². The summed E-state index contributed by atoms with van der Waals surface area (Å²) in [5.41, 5.74) is 3.12. The number of hydrogen-bond acceptors (Lipinski definition) is 3. The van der Waals surface area contributed by atoms with Crippen LogP contribution in [0.1, 0.15) is 15.4 Å². The molecule has 0 bridgehead atoms. The van der Waals surface area contributed by atoms with E-state index in [9.17, 15) is 4.79 Å². The molecule has 0 aliphatic heterocycles. The largest absolute Gasteiger partial charge is 0.352 e. The summed E-state index contributed by atoms with van der Waals surface area (Å²) in [5.74, 6) is -0.00467. The third kappa shape index (κ3) is 4.30. The molecule has 0 spiro atoms. The van der Waals surface area contributed by atoms with Gasteiger partial charge in [-0.25, -0.2) is 4.98 Å². The first kappa shape index (κ1) is 16.9. The number of hydrogen-bond donors (Lipinski definition) is 1. The number of benzene rings is 2. The number of aromatic nitrogens is 1. The van der Waals surface area contributed by atoms with Gasteiger partial charge in [0, 0.05) is 21.5 Å². The molecule has 0 aliphatic rings. The van der Waals surface area contributed by atoms with Crippen LogP contribution in [0.15, 0.2) is 59.1 Å². The van der Waals surface area contributed by atoms with Gasteiger partial charge in [0.15, 0.2) is 0 Å². The SMILES string of the molecule is Cc1sc(CC(=O)NCc2ccccc2)nc1-c1ccc(Br)cc1. The number of nitrogens with one attached hydrogen (secondary N) is 1. The molecule has 0 aliphatic carbocycles. The molecule has 1 heterocycles. The molecular weight excluding hydrogens is 384 g/mol. The molecule has 122 valence electrons. The highest BCUT2D eigenvalue weighted by Gasteiger charge is 2.12. The Labute approximate surface area is 153 Å². The number of rotatable bonds is 5. The van der Waals surface area contributed by atoms with E-state index in [4.69, 9.17) is 0 Å². The summed E-state index contributed by atoms with van der Waals surface area (Å²) in [5, 5.41) is 3.79. The molecule has 1 aromatic heterocycles. The zero-order valence-electron chi connectivity index (χ0n) is 13.3. The third-order valence-electron chi connectivity index (χ3n) is 3.60. The second kappa shape index (κ2) is 7.73. The van der Waals surface area contributed by atoms with E-state index in [1.807, 2.05) is 61.5 Å². The van der Waals surface area contributed by atoms with Gasteiger partial charge in [-0.15, -0.1) is 11.3 Å². The van der Waals surface area contributed by atoms with Crippen LogP contribution in [-0.4, -0.2) is 10.9 Å². The van der Waals surface area contributed by atoms with Crippen molar-refractivity contribution in [2.24, 2.45) is 0 Å². The number of halogens is 1. The van der Waals surface area contributed by atoms with Crippen molar-refractivity contribution in [3.8, 4) is 11.3 Å². The van der Waals surface area contributed by atoms with Crippen LogP contribution in [0.25, 0.3) is 11.3 Å². The predicted octanol–water partition coefficient (Wildman–Crippen LogP) is 4.74. The first-order valence-electron chi connectivity index (χ1n) is 7.64. The molecule has 3 rings (SSSR count). The highest BCUT2D eigenvalue weighted by Crippen LogP contribution is 2.28. The highest BCUT2D eigenvalue weighted by molar-refractivity contribution is 9.10. The Balaban J connectivity index is 1.64. The summed E-state index contributed by atoms with van der Waals surface area (Å²) >= 11 is 5.02. The Hall–Kier alpha value is -1.98. The molecule has 24 heavy (non-hydrogen) atoms. The Morgan fingerprint density at radius 2 is 1.83 bits per heavy atom. The average molecular weight is 401 g/mol. The van der Waals surface area contributed by atoms with Gasteiger partial charge in [-0.2, -0.15) is 0 Å². The lowest BCUT2D eigenvalue weighted by Crippen LogP contribution is -2.24. The maximum Gasteiger partial charge on any atom is 0.227 e. The van der Waals surface area contributed by atoms with E-state index in [1.54, 1.807) is 11.3 Å². The van der Waals surface area contributed by atoms with Crippen molar-refractivity contribution in [3.05, 3.63) is 74.5 Å². The van der Waals surface area contributed by atoms with E-state index in [0.29, 0.717) is 13.0 Å². The van der Waals surface area contributed by atoms with E-state index in [1.165, 1.54) is 0 Å². The highest BCUT2D eigenvalue weighted by atomic mass is 79.9. The summed E-state index contributed by atoms with van der Waals surface area (Å²) in [4.78, 5) is 17.9. The van der Waals surface area contributed by atoms with Crippen molar-refractivity contribution in [3.63, 3.8) is 0 Å². The Kier molecular flexibility index (Phi) is 5.43. The van der Waals surface area contributed by atoms with Gasteiger partial charge in [-0.1, -0.05) is 58.4 Å². The van der Waals surface area contributed by atoms with E-state index in [2.05, 4.69) is 26.2 Å². The van der Waals surface area contributed by atoms with Crippen LogP contribution in [0.5, 0.6) is 0 Å². The lowest BCUT2D eigenvalue weighted by atomic mass is 10.1. The normalized spacial score (nSPS) is 10.6. The van der Waals surface area contributed by atoms with Crippen LogP contribution in [0.3, 0.4) is 0 Å². The van der Waals surface area contributed by atoms with Crippen LogP contribution in [-0.2, 0) is 17.8 Å². The smallest absolute Gasteiger partial charge is 0.227 e. The second-order valence-corrected chi connectivity index (χ2v) is 7.66. The molecular formula is C19H17BrN2OS. The summed E-state index contributed by atoms with van der Waals surface area (Å²) < 4.78 is 1.04. The molecule has 0 saturated heterocycles. The first-order chi connectivity index (χ1) is 11.6. The molecule has 0 radical (unpaired) electrons. The van der Waals surface area contributed by atoms with E-state index < -0.39 is 0 Å². The van der Waals surface area contributed by atoms with Gasteiger partial charge < -0.3 is 5.32 Å². The third-order valence-corrected chi connectivity index (χ3v) is 5.10. The Morgan fingerprint density at radius 3 is 2.54 bits per heavy atom. The van der Waals surface area contributed by atoms with E-state index >= 15 is 0 Å². The van der Waals surface area contributed by atoms with Gasteiger partial charge in [-0.3, -0.25) is 4.79 Å². The van der Waals surface area contributed by atoms with E-state index in [0.717, 1.165) is 31.2 Å². The van der Waals surface area contributed by atoms with Crippen LogP contribution in [0, 0.1) is 6.92 Å². The number of aryl methyl sites for hydroxylation is 1. The first-order valence-corrected chi connectivity index (χ1v) is 9.25. The average Bonchev–Trinajstić information content (AvgIpc) is 2.95. The lowest BCUT2D eigenvalue weighted by Gasteiger charge is -2.03. The zero-order valence-corrected chi connectivity index (χ0v) is 15.7. The number of amides is 1. The van der Waals surface area contributed by atoms with Gasteiger partial charge in [0.2, 0.25) is 5.91 Å². The number of carbonyl (C=O) groups excluding carboxylic acids is 1. The lowest BCUT2D eigenvalue weighted by molar-refractivity contribution is -0.120. The molecule has 0 fully saturated rings. The van der Waals surface area contributed by atoms with Crippen molar-refractivity contribution in [2.45, 2.75) is 19.9 Å². The second-order valence-electron chi connectivity index (χ2n) is 5.46. The quantitative estimate of drug-likeness (QED) is 0.671. The fraction of sp³-hybridized carbons (Fsp3) is 0.158. The summed E-state index contributed by atoms with van der Waals surface area (Å²) in [7, 11) is 0. The molecule has 2 aromatic carbocycles. The van der Waals surface area contributed by atoms with Crippen molar-refractivity contribution < 1.29 is 4.79 Å². The maximum absolute atomic E-state index is 12.1. The van der Waals surface area contributed by atoms with Gasteiger partial charge in [0.1, 0.15) is 5.01 Å². The molecule has 5 heteroatoms. The fourth-order valence-electron chi connectivity index (χ4n) is 2.40. The molecule has 0 saturated carbocycles. The van der Waals surface area contributed by atoms with Crippen LogP contribution in [0.4, 0.5) is 0 Å². The monoisotopic (exact) mass is 400 g/mol. The van der Waals surface area contributed by atoms with E-state index in [-0.39, 0.29) is 5.91 Å². The minimum Gasteiger partial charge on any atom is -0.352 e. The van der Waals surface area contributed by atoms with Crippen LogP contribution < -0.4 is 5.32 Å². The molecule has 3 nitrogen and oxygen atoms in total. The zero-order chi connectivity index (χ0) is 16.9. The Morgan fingerprint density at radius 1 is 1.12 bits per heavy atom. The minimum atomic E-state index is -0.00467. The molecule has 0 unspecified atom stereocenters. The number of carbonyl (C=O) groups is 1. The standard InChI is InChI=1S/C19H17BrN2OS/c1-13-19(15-7-9-16(20)10-8-15)22-18(24-13)11-17(23)21-12-14-5-3-2-4-6-14/h2-10H,11-12H2,1H3,(H,21,23).